The van der Waals surface area contributed by atoms with Gasteiger partial charge in [-0.2, -0.15) is 0 Å². The van der Waals surface area contributed by atoms with Crippen molar-refractivity contribution >= 4 is 11.9 Å². The Balaban J connectivity index is 2.53. The van der Waals surface area contributed by atoms with Crippen LogP contribution in [0.2, 0.25) is 0 Å². The maximum atomic E-state index is 11.8. The summed E-state index contributed by atoms with van der Waals surface area (Å²) in [6.45, 7) is 6.46. The van der Waals surface area contributed by atoms with Gasteiger partial charge in [-0.1, -0.05) is 23.8 Å². The van der Waals surface area contributed by atoms with Gasteiger partial charge in [0.25, 0.3) is 0 Å². The zero-order valence-electron chi connectivity index (χ0n) is 12.0. The number of carbonyl (C=O) groups excluding carboxylic acids is 1. The second-order valence-corrected chi connectivity index (χ2v) is 4.32. The Kier molecular flexibility index (Phi) is 6.06. The normalized spacial score (nSPS) is 11.3. The number of aryl methyl sites for hydroxylation is 2. The SMILES string of the molecule is CCO/C(COC(=O)Cc1cc(C)ccc1C)=N\C. The van der Waals surface area contributed by atoms with Gasteiger partial charge in [0.1, 0.15) is 0 Å². The first-order chi connectivity index (χ1) is 9.06. The Morgan fingerprint density at radius 1 is 1.26 bits per heavy atom. The largest absolute Gasteiger partial charge is 0.479 e. The van der Waals surface area contributed by atoms with Crippen LogP contribution in [0.3, 0.4) is 0 Å². The van der Waals surface area contributed by atoms with Crippen LogP contribution >= 0.6 is 0 Å². The molecule has 104 valence electrons. The van der Waals surface area contributed by atoms with E-state index < -0.39 is 0 Å². The van der Waals surface area contributed by atoms with Crippen LogP contribution in [0.1, 0.15) is 23.6 Å². The lowest BCUT2D eigenvalue weighted by Gasteiger charge is -2.09. The number of benzene rings is 1. The summed E-state index contributed by atoms with van der Waals surface area (Å²) >= 11 is 0. The van der Waals surface area contributed by atoms with Gasteiger partial charge in [-0.25, -0.2) is 0 Å². The van der Waals surface area contributed by atoms with E-state index in [2.05, 4.69) is 4.99 Å². The minimum atomic E-state index is -0.269. The molecule has 0 N–H and O–H groups in total. The molecule has 1 rings (SSSR count). The molecule has 0 heterocycles. The van der Waals surface area contributed by atoms with Crippen molar-refractivity contribution in [3.63, 3.8) is 0 Å². The van der Waals surface area contributed by atoms with Crippen molar-refractivity contribution in [2.24, 2.45) is 4.99 Å². The second-order valence-electron chi connectivity index (χ2n) is 4.32. The predicted octanol–water partition coefficient (Wildman–Crippen LogP) is 2.45. The van der Waals surface area contributed by atoms with E-state index in [1.165, 1.54) is 0 Å². The third kappa shape index (κ3) is 5.12. The highest BCUT2D eigenvalue weighted by atomic mass is 16.6. The lowest BCUT2D eigenvalue weighted by Crippen LogP contribution is -2.18. The summed E-state index contributed by atoms with van der Waals surface area (Å²) in [6, 6.07) is 6.05. The first kappa shape index (κ1) is 15.2. The fourth-order valence-corrected chi connectivity index (χ4v) is 1.68. The molecular formula is C15H21NO3. The van der Waals surface area contributed by atoms with Gasteiger partial charge in [0.05, 0.1) is 13.0 Å². The molecule has 0 aliphatic heterocycles. The molecule has 0 aromatic heterocycles. The molecule has 0 saturated carbocycles. The molecule has 1 aromatic carbocycles. The van der Waals surface area contributed by atoms with Gasteiger partial charge in [-0.3, -0.25) is 9.79 Å². The van der Waals surface area contributed by atoms with Crippen molar-refractivity contribution in [2.45, 2.75) is 27.2 Å². The van der Waals surface area contributed by atoms with Gasteiger partial charge in [0.2, 0.25) is 5.90 Å². The highest BCUT2D eigenvalue weighted by molar-refractivity contribution is 5.81. The Bertz CT molecular complexity index is 466. The standard InChI is InChI=1S/C15H21NO3/c1-5-18-14(16-4)10-19-15(17)9-13-8-11(2)6-7-12(13)3/h6-8H,5,9-10H2,1-4H3/b16-14-. The number of esters is 1. The van der Waals surface area contributed by atoms with Gasteiger partial charge in [-0.05, 0) is 31.9 Å². The van der Waals surface area contributed by atoms with E-state index in [9.17, 15) is 4.79 Å². The number of aliphatic imine (C=N–C) groups is 1. The van der Waals surface area contributed by atoms with E-state index in [0.29, 0.717) is 12.5 Å². The van der Waals surface area contributed by atoms with E-state index in [0.717, 1.165) is 16.7 Å². The monoisotopic (exact) mass is 263 g/mol. The molecule has 0 radical (unpaired) electrons. The minimum absolute atomic E-state index is 0.0913. The van der Waals surface area contributed by atoms with Crippen molar-refractivity contribution in [3.8, 4) is 0 Å². The van der Waals surface area contributed by atoms with Crippen molar-refractivity contribution in [1.82, 2.24) is 0 Å². The Morgan fingerprint density at radius 2 is 2.00 bits per heavy atom. The van der Waals surface area contributed by atoms with E-state index in [4.69, 9.17) is 9.47 Å². The van der Waals surface area contributed by atoms with Crippen molar-refractivity contribution in [3.05, 3.63) is 34.9 Å². The summed E-state index contributed by atoms with van der Waals surface area (Å²) in [6.07, 6.45) is 0.274. The fraction of sp³-hybridized carbons (Fsp3) is 0.467. The number of rotatable bonds is 5. The Morgan fingerprint density at radius 3 is 2.63 bits per heavy atom. The number of carbonyl (C=O) groups is 1. The van der Waals surface area contributed by atoms with E-state index in [-0.39, 0.29) is 19.0 Å². The van der Waals surface area contributed by atoms with E-state index in [1.54, 1.807) is 7.05 Å². The average Bonchev–Trinajstić information content (AvgIpc) is 2.39. The molecule has 19 heavy (non-hydrogen) atoms. The second kappa shape index (κ2) is 7.56. The lowest BCUT2D eigenvalue weighted by atomic mass is 10.0. The summed E-state index contributed by atoms with van der Waals surface area (Å²) in [5.41, 5.74) is 3.23. The van der Waals surface area contributed by atoms with Gasteiger partial charge in [0, 0.05) is 7.05 Å². The zero-order chi connectivity index (χ0) is 14.3. The Hall–Kier alpha value is -1.84. The summed E-state index contributed by atoms with van der Waals surface area (Å²) in [7, 11) is 1.61. The van der Waals surface area contributed by atoms with Crippen LogP contribution in [-0.4, -0.2) is 32.1 Å². The summed E-state index contributed by atoms with van der Waals surface area (Å²) in [4.78, 5) is 15.7. The number of hydrogen-bond acceptors (Lipinski definition) is 4. The number of ether oxygens (including phenoxy) is 2. The molecule has 4 nitrogen and oxygen atoms in total. The molecular weight excluding hydrogens is 242 g/mol. The molecule has 0 aliphatic carbocycles. The van der Waals surface area contributed by atoms with Crippen LogP contribution in [0.25, 0.3) is 0 Å². The van der Waals surface area contributed by atoms with Gasteiger partial charge < -0.3 is 9.47 Å². The van der Waals surface area contributed by atoms with Crippen LogP contribution in [0.5, 0.6) is 0 Å². The molecule has 0 aliphatic rings. The van der Waals surface area contributed by atoms with E-state index in [1.807, 2.05) is 39.0 Å². The highest BCUT2D eigenvalue weighted by Gasteiger charge is 2.09. The van der Waals surface area contributed by atoms with Crippen molar-refractivity contribution in [2.75, 3.05) is 20.3 Å². The average molecular weight is 263 g/mol. The van der Waals surface area contributed by atoms with Crippen LogP contribution < -0.4 is 0 Å². The molecule has 1 aromatic rings. The van der Waals surface area contributed by atoms with Crippen LogP contribution in [0.15, 0.2) is 23.2 Å². The molecule has 4 heteroatoms. The Labute approximate surface area is 114 Å². The maximum absolute atomic E-state index is 11.8. The smallest absolute Gasteiger partial charge is 0.310 e. The molecule has 0 bridgehead atoms. The third-order valence-electron chi connectivity index (χ3n) is 2.76. The maximum Gasteiger partial charge on any atom is 0.310 e. The zero-order valence-corrected chi connectivity index (χ0v) is 12.0. The van der Waals surface area contributed by atoms with Crippen LogP contribution in [0.4, 0.5) is 0 Å². The molecule has 0 saturated heterocycles. The number of nitrogens with zero attached hydrogens (tertiary/aromatic N) is 1. The summed E-state index contributed by atoms with van der Waals surface area (Å²) < 4.78 is 10.4. The lowest BCUT2D eigenvalue weighted by molar-refractivity contribution is -0.141. The van der Waals surface area contributed by atoms with E-state index >= 15 is 0 Å². The van der Waals surface area contributed by atoms with Gasteiger partial charge >= 0.3 is 5.97 Å². The molecule has 0 spiro atoms. The third-order valence-corrected chi connectivity index (χ3v) is 2.76. The van der Waals surface area contributed by atoms with Crippen LogP contribution in [-0.2, 0) is 20.7 Å². The molecule has 0 atom stereocenters. The quantitative estimate of drug-likeness (QED) is 0.466. The first-order valence-electron chi connectivity index (χ1n) is 6.37. The minimum Gasteiger partial charge on any atom is -0.479 e. The molecule has 0 amide bonds. The van der Waals surface area contributed by atoms with Crippen LogP contribution in [0, 0.1) is 13.8 Å². The summed E-state index contributed by atoms with van der Waals surface area (Å²) in [5.74, 6) is 0.173. The summed E-state index contributed by atoms with van der Waals surface area (Å²) in [5, 5.41) is 0. The van der Waals surface area contributed by atoms with Gasteiger partial charge in [0.15, 0.2) is 6.61 Å². The van der Waals surface area contributed by atoms with Crippen molar-refractivity contribution < 1.29 is 14.3 Å². The predicted molar refractivity (Wildman–Crippen MR) is 75.6 cm³/mol. The first-order valence-corrected chi connectivity index (χ1v) is 6.37. The molecule has 0 fully saturated rings. The fourth-order valence-electron chi connectivity index (χ4n) is 1.68. The highest BCUT2D eigenvalue weighted by Crippen LogP contribution is 2.11. The van der Waals surface area contributed by atoms with Crippen molar-refractivity contribution in [1.29, 1.82) is 0 Å². The molecule has 0 unspecified atom stereocenters. The van der Waals surface area contributed by atoms with Gasteiger partial charge in [-0.15, -0.1) is 0 Å². The number of hydrogen-bond donors (Lipinski definition) is 0. The topological polar surface area (TPSA) is 47.9 Å².